The maximum atomic E-state index is 4.75. The molecule has 2 aliphatic heterocycles. The molecule has 0 spiro atoms. The first-order chi connectivity index (χ1) is 9.42. The van der Waals surface area contributed by atoms with E-state index in [0.29, 0.717) is 0 Å². The molecule has 4 heteroatoms. The number of rotatable bonds is 1. The molecule has 0 saturated carbocycles. The van der Waals surface area contributed by atoms with Gasteiger partial charge < -0.3 is 10.2 Å². The van der Waals surface area contributed by atoms with Crippen LogP contribution in [0.4, 0.5) is 11.6 Å². The van der Waals surface area contributed by atoms with E-state index in [4.69, 9.17) is 4.98 Å². The van der Waals surface area contributed by atoms with Gasteiger partial charge in [-0.05, 0) is 36.6 Å². The first-order valence-electron chi connectivity index (χ1n) is 6.83. The van der Waals surface area contributed by atoms with Gasteiger partial charge in [0.05, 0.1) is 5.69 Å². The minimum atomic E-state index is 0.840. The average molecular weight is 252 g/mol. The summed E-state index contributed by atoms with van der Waals surface area (Å²) < 4.78 is 0. The van der Waals surface area contributed by atoms with E-state index in [-0.39, 0.29) is 0 Å². The molecule has 96 valence electrons. The number of anilines is 2. The number of hydrogen-bond donors (Lipinski definition) is 1. The molecule has 1 aromatic heterocycles. The number of nitrogens with zero attached hydrogens (tertiary/aromatic N) is 3. The molecular formula is C15H16N4. The smallest absolute Gasteiger partial charge is 0.230 e. The van der Waals surface area contributed by atoms with Gasteiger partial charge in [0.15, 0.2) is 0 Å². The van der Waals surface area contributed by atoms with Crippen LogP contribution in [-0.4, -0.2) is 23.1 Å². The predicted octanol–water partition coefficient (Wildman–Crippen LogP) is 1.82. The van der Waals surface area contributed by atoms with Crippen molar-refractivity contribution in [2.24, 2.45) is 0 Å². The van der Waals surface area contributed by atoms with E-state index in [0.717, 1.165) is 44.1 Å². The Hall–Kier alpha value is -1.94. The van der Waals surface area contributed by atoms with E-state index >= 15 is 0 Å². The monoisotopic (exact) mass is 252 g/mol. The second-order valence-corrected chi connectivity index (χ2v) is 5.10. The van der Waals surface area contributed by atoms with Crippen LogP contribution in [0.1, 0.15) is 16.8 Å². The van der Waals surface area contributed by atoms with Crippen LogP contribution in [0.15, 0.2) is 30.5 Å². The molecule has 0 radical (unpaired) electrons. The average Bonchev–Trinajstić information content (AvgIpc) is 2.91. The van der Waals surface area contributed by atoms with Crippen LogP contribution in [0, 0.1) is 0 Å². The molecule has 3 heterocycles. The van der Waals surface area contributed by atoms with Crippen molar-refractivity contribution >= 4 is 11.6 Å². The van der Waals surface area contributed by atoms with Crippen molar-refractivity contribution in [3.8, 4) is 0 Å². The second-order valence-electron chi connectivity index (χ2n) is 5.10. The normalized spacial score (nSPS) is 17.2. The van der Waals surface area contributed by atoms with Crippen LogP contribution in [0.3, 0.4) is 0 Å². The molecule has 19 heavy (non-hydrogen) atoms. The van der Waals surface area contributed by atoms with Gasteiger partial charge in [-0.2, -0.15) is 0 Å². The fourth-order valence-corrected chi connectivity index (χ4v) is 2.90. The molecule has 0 bridgehead atoms. The standard InChI is InChI=1S/C15H16N4/c1-2-4-14-11(3-1)6-8-19(14)15-17-9-12-5-7-16-10-13(12)18-15/h1-4,9,16H,5-8,10H2. The van der Waals surface area contributed by atoms with Crippen LogP contribution < -0.4 is 10.2 Å². The Kier molecular flexibility index (Phi) is 2.48. The highest BCUT2D eigenvalue weighted by atomic mass is 15.3. The van der Waals surface area contributed by atoms with Gasteiger partial charge in [0.1, 0.15) is 0 Å². The van der Waals surface area contributed by atoms with E-state index in [1.54, 1.807) is 0 Å². The van der Waals surface area contributed by atoms with Crippen LogP contribution in [0.25, 0.3) is 0 Å². The van der Waals surface area contributed by atoms with Crippen molar-refractivity contribution < 1.29 is 0 Å². The zero-order valence-electron chi connectivity index (χ0n) is 10.8. The summed E-state index contributed by atoms with van der Waals surface area (Å²) in [5.74, 6) is 0.840. The maximum absolute atomic E-state index is 4.75. The molecule has 1 N–H and O–H groups in total. The third-order valence-electron chi connectivity index (χ3n) is 3.93. The number of aromatic nitrogens is 2. The van der Waals surface area contributed by atoms with E-state index in [1.165, 1.54) is 16.8 Å². The minimum absolute atomic E-state index is 0.840. The SMILES string of the molecule is c1ccc2c(c1)CCN2c1ncc2c(n1)CNCC2. The Balaban J connectivity index is 1.74. The summed E-state index contributed by atoms with van der Waals surface area (Å²) in [7, 11) is 0. The lowest BCUT2D eigenvalue weighted by atomic mass is 10.1. The highest BCUT2D eigenvalue weighted by Crippen LogP contribution is 2.32. The van der Waals surface area contributed by atoms with Crippen LogP contribution in [0.2, 0.25) is 0 Å². The summed E-state index contributed by atoms with van der Waals surface area (Å²) in [5.41, 5.74) is 5.09. The maximum Gasteiger partial charge on any atom is 0.230 e. The number of benzene rings is 1. The highest BCUT2D eigenvalue weighted by molar-refractivity contribution is 5.65. The highest BCUT2D eigenvalue weighted by Gasteiger charge is 2.23. The fraction of sp³-hybridized carbons (Fsp3) is 0.333. The summed E-state index contributed by atoms with van der Waals surface area (Å²) in [5, 5.41) is 3.37. The van der Waals surface area contributed by atoms with Gasteiger partial charge in [0, 0.05) is 25.0 Å². The summed E-state index contributed by atoms with van der Waals surface area (Å²) >= 11 is 0. The molecular weight excluding hydrogens is 236 g/mol. The summed E-state index contributed by atoms with van der Waals surface area (Å²) in [4.78, 5) is 11.5. The van der Waals surface area contributed by atoms with E-state index in [9.17, 15) is 0 Å². The number of fused-ring (bicyclic) bond motifs is 2. The lowest BCUT2D eigenvalue weighted by Crippen LogP contribution is -2.26. The largest absolute Gasteiger partial charge is 0.311 e. The lowest BCUT2D eigenvalue weighted by Gasteiger charge is -2.21. The molecule has 0 amide bonds. The van der Waals surface area contributed by atoms with E-state index < -0.39 is 0 Å². The van der Waals surface area contributed by atoms with Gasteiger partial charge in [0.25, 0.3) is 0 Å². The van der Waals surface area contributed by atoms with Crippen LogP contribution >= 0.6 is 0 Å². The van der Waals surface area contributed by atoms with Crippen molar-refractivity contribution in [1.29, 1.82) is 0 Å². The molecule has 4 rings (SSSR count). The molecule has 0 saturated heterocycles. The lowest BCUT2D eigenvalue weighted by molar-refractivity contribution is 0.622. The van der Waals surface area contributed by atoms with E-state index in [1.807, 2.05) is 6.20 Å². The zero-order valence-corrected chi connectivity index (χ0v) is 10.8. The van der Waals surface area contributed by atoms with Gasteiger partial charge in [-0.15, -0.1) is 0 Å². The quantitative estimate of drug-likeness (QED) is 0.840. The number of hydrogen-bond acceptors (Lipinski definition) is 4. The summed E-state index contributed by atoms with van der Waals surface area (Å²) in [6.07, 6.45) is 4.11. The molecule has 0 fully saturated rings. The van der Waals surface area contributed by atoms with Gasteiger partial charge in [-0.1, -0.05) is 18.2 Å². The number of nitrogens with one attached hydrogen (secondary N) is 1. The number of para-hydroxylation sites is 1. The summed E-state index contributed by atoms with van der Waals surface area (Å²) in [6.45, 7) is 2.87. The third kappa shape index (κ3) is 1.79. The topological polar surface area (TPSA) is 41.1 Å². The first-order valence-corrected chi connectivity index (χ1v) is 6.83. The predicted molar refractivity (Wildman–Crippen MR) is 74.6 cm³/mol. The van der Waals surface area contributed by atoms with Crippen molar-refractivity contribution in [1.82, 2.24) is 15.3 Å². The van der Waals surface area contributed by atoms with Crippen LogP contribution in [0.5, 0.6) is 0 Å². The molecule has 1 aromatic carbocycles. The van der Waals surface area contributed by atoms with Gasteiger partial charge in [0.2, 0.25) is 5.95 Å². The fourth-order valence-electron chi connectivity index (χ4n) is 2.90. The molecule has 2 aliphatic rings. The van der Waals surface area contributed by atoms with Gasteiger partial charge in [-0.25, -0.2) is 9.97 Å². The van der Waals surface area contributed by atoms with Crippen molar-refractivity contribution in [3.63, 3.8) is 0 Å². The molecule has 2 aromatic rings. The van der Waals surface area contributed by atoms with Crippen molar-refractivity contribution in [2.75, 3.05) is 18.0 Å². The molecule has 4 nitrogen and oxygen atoms in total. The van der Waals surface area contributed by atoms with Gasteiger partial charge in [-0.3, -0.25) is 0 Å². The Bertz CT molecular complexity index is 623. The Morgan fingerprint density at radius 2 is 2.05 bits per heavy atom. The Morgan fingerprint density at radius 3 is 3.05 bits per heavy atom. The Morgan fingerprint density at radius 1 is 1.11 bits per heavy atom. The molecule has 0 aliphatic carbocycles. The van der Waals surface area contributed by atoms with Crippen molar-refractivity contribution in [2.45, 2.75) is 19.4 Å². The molecule has 0 atom stereocenters. The Labute approximate surface area is 112 Å². The van der Waals surface area contributed by atoms with Gasteiger partial charge >= 0.3 is 0 Å². The first kappa shape index (κ1) is 10.9. The molecule has 0 unspecified atom stereocenters. The second kappa shape index (κ2) is 4.31. The van der Waals surface area contributed by atoms with E-state index in [2.05, 4.69) is 39.5 Å². The third-order valence-corrected chi connectivity index (χ3v) is 3.93. The summed E-state index contributed by atoms with van der Waals surface area (Å²) in [6, 6.07) is 8.52. The minimum Gasteiger partial charge on any atom is -0.311 e. The zero-order chi connectivity index (χ0) is 12.7. The van der Waals surface area contributed by atoms with Crippen LogP contribution in [-0.2, 0) is 19.4 Å². The van der Waals surface area contributed by atoms with Crippen molar-refractivity contribution in [3.05, 3.63) is 47.3 Å².